The zero-order chi connectivity index (χ0) is 18.2. The molecule has 136 valence electrons. The molecule has 1 aliphatic rings. The standard InChI is InChI=1S/C19H26N2O4/c1-14(23)6-5-9-25-19-11-17(15(13-22)10-18(19)24-3)20-12-16-7-4-8-21(16)2/h10-13,16H,4-9H2,1-3H3. The Hall–Kier alpha value is -2.21. The fourth-order valence-corrected chi connectivity index (χ4v) is 2.84. The molecule has 0 N–H and O–H groups in total. The molecular weight excluding hydrogens is 320 g/mol. The van der Waals surface area contributed by atoms with Crippen LogP contribution in [0, 0.1) is 0 Å². The summed E-state index contributed by atoms with van der Waals surface area (Å²) in [6, 6.07) is 3.65. The van der Waals surface area contributed by atoms with Gasteiger partial charge in [-0.15, -0.1) is 0 Å². The topological polar surface area (TPSA) is 68.2 Å². The number of aldehydes is 1. The quantitative estimate of drug-likeness (QED) is 0.390. The highest BCUT2D eigenvalue weighted by Crippen LogP contribution is 2.34. The van der Waals surface area contributed by atoms with Crippen LogP contribution < -0.4 is 9.47 Å². The molecule has 0 aliphatic carbocycles. The van der Waals surface area contributed by atoms with Gasteiger partial charge in [-0.25, -0.2) is 0 Å². The van der Waals surface area contributed by atoms with E-state index >= 15 is 0 Å². The number of Topliss-reactive ketones (excluding diaryl/α,β-unsaturated/α-hetero) is 1. The maximum atomic E-state index is 11.4. The molecule has 1 aromatic carbocycles. The van der Waals surface area contributed by atoms with Crippen LogP contribution in [0.15, 0.2) is 17.1 Å². The van der Waals surface area contributed by atoms with Crippen LogP contribution in [-0.2, 0) is 4.79 Å². The number of likely N-dealkylation sites (tertiary alicyclic amines) is 1. The van der Waals surface area contributed by atoms with Crippen LogP contribution in [0.5, 0.6) is 11.5 Å². The summed E-state index contributed by atoms with van der Waals surface area (Å²) in [5.74, 6) is 1.16. The predicted molar refractivity (Wildman–Crippen MR) is 97.6 cm³/mol. The van der Waals surface area contributed by atoms with Crippen LogP contribution in [0.3, 0.4) is 0 Å². The Balaban J connectivity index is 2.16. The molecule has 1 aliphatic heterocycles. The first-order valence-electron chi connectivity index (χ1n) is 8.59. The molecule has 25 heavy (non-hydrogen) atoms. The van der Waals surface area contributed by atoms with E-state index in [0.29, 0.717) is 48.2 Å². The van der Waals surface area contributed by atoms with Crippen LogP contribution in [-0.4, -0.2) is 56.5 Å². The van der Waals surface area contributed by atoms with Gasteiger partial charge in [-0.1, -0.05) is 0 Å². The molecule has 1 aromatic rings. The first-order chi connectivity index (χ1) is 12.0. The molecule has 0 spiro atoms. The number of nitrogens with zero attached hydrogens (tertiary/aromatic N) is 2. The number of rotatable bonds is 9. The summed E-state index contributed by atoms with van der Waals surface area (Å²) < 4.78 is 11.0. The number of aliphatic imine (C=N–C) groups is 1. The minimum Gasteiger partial charge on any atom is -0.493 e. The maximum absolute atomic E-state index is 11.4. The van der Waals surface area contributed by atoms with Gasteiger partial charge in [0.25, 0.3) is 0 Å². The zero-order valence-corrected chi connectivity index (χ0v) is 15.2. The van der Waals surface area contributed by atoms with E-state index in [4.69, 9.17) is 9.47 Å². The highest BCUT2D eigenvalue weighted by molar-refractivity contribution is 5.87. The van der Waals surface area contributed by atoms with Crippen molar-refractivity contribution in [1.29, 1.82) is 0 Å². The van der Waals surface area contributed by atoms with Crippen molar-refractivity contribution in [2.75, 3.05) is 27.3 Å². The Morgan fingerprint density at radius 3 is 2.80 bits per heavy atom. The van der Waals surface area contributed by atoms with Crippen molar-refractivity contribution < 1.29 is 19.1 Å². The lowest BCUT2D eigenvalue weighted by molar-refractivity contribution is -0.117. The molecule has 0 radical (unpaired) electrons. The SMILES string of the molecule is COc1cc(C=O)c(N=CC2CCCN2C)cc1OCCCC(C)=O. The van der Waals surface area contributed by atoms with Gasteiger partial charge in [0.1, 0.15) is 5.78 Å². The number of hydrogen-bond donors (Lipinski definition) is 0. The van der Waals surface area contributed by atoms with Crippen molar-refractivity contribution in [1.82, 2.24) is 4.90 Å². The van der Waals surface area contributed by atoms with Crippen molar-refractivity contribution in [3.05, 3.63) is 17.7 Å². The zero-order valence-electron chi connectivity index (χ0n) is 15.2. The van der Waals surface area contributed by atoms with Crippen molar-refractivity contribution in [3.63, 3.8) is 0 Å². The summed E-state index contributed by atoms with van der Waals surface area (Å²) in [6.07, 6.45) is 6.00. The summed E-state index contributed by atoms with van der Waals surface area (Å²) in [5.41, 5.74) is 1.03. The van der Waals surface area contributed by atoms with E-state index in [1.165, 1.54) is 7.11 Å². The van der Waals surface area contributed by atoms with Crippen LogP contribution >= 0.6 is 0 Å². The van der Waals surface area contributed by atoms with Gasteiger partial charge in [0, 0.05) is 30.3 Å². The van der Waals surface area contributed by atoms with Gasteiger partial charge in [-0.2, -0.15) is 0 Å². The lowest BCUT2D eigenvalue weighted by Crippen LogP contribution is -2.25. The van der Waals surface area contributed by atoms with Crippen LogP contribution in [0.25, 0.3) is 0 Å². The van der Waals surface area contributed by atoms with Crippen molar-refractivity contribution >= 4 is 24.0 Å². The van der Waals surface area contributed by atoms with Gasteiger partial charge < -0.3 is 14.3 Å². The Morgan fingerprint density at radius 1 is 1.40 bits per heavy atom. The highest BCUT2D eigenvalue weighted by atomic mass is 16.5. The number of ether oxygens (including phenoxy) is 2. The number of benzene rings is 1. The maximum Gasteiger partial charge on any atom is 0.163 e. The van der Waals surface area contributed by atoms with E-state index in [0.717, 1.165) is 25.7 Å². The fourth-order valence-electron chi connectivity index (χ4n) is 2.84. The molecule has 2 rings (SSSR count). The fraction of sp³-hybridized carbons (Fsp3) is 0.526. The Bertz CT molecular complexity index is 643. The van der Waals surface area contributed by atoms with Crippen molar-refractivity contribution in [2.24, 2.45) is 4.99 Å². The molecule has 1 saturated heterocycles. The first-order valence-corrected chi connectivity index (χ1v) is 8.59. The molecular formula is C19H26N2O4. The second kappa shape index (κ2) is 9.32. The molecule has 1 unspecified atom stereocenters. The molecule has 1 heterocycles. The number of methoxy groups -OCH3 is 1. The summed E-state index contributed by atoms with van der Waals surface area (Å²) in [6.45, 7) is 3.03. The molecule has 1 atom stereocenters. The smallest absolute Gasteiger partial charge is 0.163 e. The number of ketones is 1. The number of hydrogen-bond acceptors (Lipinski definition) is 6. The molecule has 0 amide bonds. The van der Waals surface area contributed by atoms with Gasteiger partial charge in [0.2, 0.25) is 0 Å². The lowest BCUT2D eigenvalue weighted by atomic mass is 10.1. The molecule has 6 nitrogen and oxygen atoms in total. The molecule has 1 fully saturated rings. The Morgan fingerprint density at radius 2 is 2.20 bits per heavy atom. The second-order valence-electron chi connectivity index (χ2n) is 6.30. The Kier molecular flexibility index (Phi) is 7.13. The summed E-state index contributed by atoms with van der Waals surface area (Å²) in [4.78, 5) is 29.2. The van der Waals surface area contributed by atoms with Crippen LogP contribution in [0.2, 0.25) is 0 Å². The number of carbonyl (C=O) groups excluding carboxylic acids is 2. The summed E-state index contributed by atoms with van der Waals surface area (Å²) in [7, 11) is 3.60. The number of carbonyl (C=O) groups is 2. The van der Waals surface area contributed by atoms with E-state index < -0.39 is 0 Å². The van der Waals surface area contributed by atoms with Gasteiger partial charge >= 0.3 is 0 Å². The second-order valence-corrected chi connectivity index (χ2v) is 6.30. The van der Waals surface area contributed by atoms with Gasteiger partial charge in [-0.05, 0) is 45.8 Å². The van der Waals surface area contributed by atoms with E-state index in [1.54, 1.807) is 19.1 Å². The minimum absolute atomic E-state index is 0.137. The van der Waals surface area contributed by atoms with Gasteiger partial charge in [0.05, 0.1) is 19.4 Å². The third-order valence-electron chi connectivity index (χ3n) is 4.33. The monoisotopic (exact) mass is 346 g/mol. The minimum atomic E-state index is 0.137. The average Bonchev–Trinajstić information content (AvgIpc) is 3.01. The van der Waals surface area contributed by atoms with Crippen molar-refractivity contribution in [3.8, 4) is 11.5 Å². The summed E-state index contributed by atoms with van der Waals surface area (Å²) >= 11 is 0. The molecule has 0 bridgehead atoms. The first kappa shape index (κ1) is 19.1. The van der Waals surface area contributed by atoms with E-state index in [1.807, 2.05) is 6.21 Å². The van der Waals surface area contributed by atoms with Gasteiger partial charge in [-0.3, -0.25) is 14.7 Å². The molecule has 6 heteroatoms. The average molecular weight is 346 g/mol. The van der Waals surface area contributed by atoms with Crippen LogP contribution in [0.4, 0.5) is 5.69 Å². The third kappa shape index (κ3) is 5.39. The highest BCUT2D eigenvalue weighted by Gasteiger charge is 2.19. The van der Waals surface area contributed by atoms with Gasteiger partial charge in [0.15, 0.2) is 17.8 Å². The van der Waals surface area contributed by atoms with E-state index in [2.05, 4.69) is 16.9 Å². The Labute approximate surface area is 148 Å². The molecule has 0 saturated carbocycles. The van der Waals surface area contributed by atoms with E-state index in [-0.39, 0.29) is 5.78 Å². The van der Waals surface area contributed by atoms with Crippen LogP contribution in [0.1, 0.15) is 43.0 Å². The van der Waals surface area contributed by atoms with Crippen molar-refractivity contribution in [2.45, 2.75) is 38.6 Å². The predicted octanol–water partition coefficient (Wildman–Crippen LogP) is 3.05. The molecule has 0 aromatic heterocycles. The normalized spacial score (nSPS) is 17.8. The van der Waals surface area contributed by atoms with E-state index in [9.17, 15) is 9.59 Å². The summed E-state index contributed by atoms with van der Waals surface area (Å²) in [5, 5.41) is 0. The third-order valence-corrected chi connectivity index (χ3v) is 4.33. The largest absolute Gasteiger partial charge is 0.493 e. The lowest BCUT2D eigenvalue weighted by Gasteiger charge is -2.15.